The maximum absolute atomic E-state index is 3.96. The van der Waals surface area contributed by atoms with Crippen molar-refractivity contribution >= 4 is 0 Å². The largest absolute Gasteiger partial charge is 0.311 e. The van der Waals surface area contributed by atoms with E-state index in [0.717, 1.165) is 17.9 Å². The van der Waals surface area contributed by atoms with E-state index in [2.05, 4.69) is 43.4 Å². The van der Waals surface area contributed by atoms with Gasteiger partial charge >= 0.3 is 0 Å². The summed E-state index contributed by atoms with van der Waals surface area (Å²) in [6.45, 7) is 4.79. The number of nitrogens with one attached hydrogen (secondary N) is 1. The molecule has 3 rings (SSSR count). The van der Waals surface area contributed by atoms with Crippen LogP contribution < -0.4 is 5.32 Å². The predicted molar refractivity (Wildman–Crippen MR) is 86.0 cm³/mol. The SMILES string of the molecule is CC(C)C1CCCC(NC2Cc3ccccc3C2)CC1. The summed E-state index contributed by atoms with van der Waals surface area (Å²) in [6, 6.07) is 10.4. The Morgan fingerprint density at radius 2 is 1.60 bits per heavy atom. The van der Waals surface area contributed by atoms with Gasteiger partial charge in [-0.25, -0.2) is 0 Å². The number of rotatable bonds is 3. The molecule has 2 atom stereocenters. The Labute approximate surface area is 124 Å². The average molecular weight is 271 g/mol. The van der Waals surface area contributed by atoms with E-state index in [4.69, 9.17) is 0 Å². The number of hydrogen-bond donors (Lipinski definition) is 1. The summed E-state index contributed by atoms with van der Waals surface area (Å²) >= 11 is 0. The van der Waals surface area contributed by atoms with Gasteiger partial charge in [0.1, 0.15) is 0 Å². The first kappa shape index (κ1) is 14.1. The Balaban J connectivity index is 1.52. The van der Waals surface area contributed by atoms with Gasteiger partial charge in [-0.1, -0.05) is 51.0 Å². The first-order valence-electron chi connectivity index (χ1n) is 8.55. The van der Waals surface area contributed by atoms with Gasteiger partial charge in [-0.3, -0.25) is 0 Å². The van der Waals surface area contributed by atoms with Gasteiger partial charge in [-0.2, -0.15) is 0 Å². The van der Waals surface area contributed by atoms with E-state index >= 15 is 0 Å². The van der Waals surface area contributed by atoms with Crippen molar-refractivity contribution in [3.8, 4) is 0 Å². The predicted octanol–water partition coefficient (Wildman–Crippen LogP) is 4.35. The monoisotopic (exact) mass is 271 g/mol. The van der Waals surface area contributed by atoms with Crippen molar-refractivity contribution in [3.63, 3.8) is 0 Å². The van der Waals surface area contributed by atoms with E-state index in [1.165, 1.54) is 44.9 Å². The van der Waals surface area contributed by atoms with Crippen molar-refractivity contribution in [2.24, 2.45) is 11.8 Å². The lowest BCUT2D eigenvalue weighted by atomic mass is 9.89. The van der Waals surface area contributed by atoms with Crippen LogP contribution in [0.15, 0.2) is 24.3 Å². The zero-order valence-electron chi connectivity index (χ0n) is 13.1. The fourth-order valence-corrected chi connectivity index (χ4v) is 4.17. The molecule has 0 radical (unpaired) electrons. The molecule has 0 amide bonds. The van der Waals surface area contributed by atoms with Gasteiger partial charge in [0, 0.05) is 12.1 Å². The molecule has 2 aliphatic rings. The van der Waals surface area contributed by atoms with Crippen molar-refractivity contribution < 1.29 is 0 Å². The second-order valence-corrected chi connectivity index (χ2v) is 7.25. The molecule has 20 heavy (non-hydrogen) atoms. The third-order valence-electron chi connectivity index (χ3n) is 5.48. The lowest BCUT2D eigenvalue weighted by Gasteiger charge is -2.22. The van der Waals surface area contributed by atoms with E-state index < -0.39 is 0 Å². The molecule has 1 aromatic carbocycles. The Morgan fingerprint density at radius 1 is 0.900 bits per heavy atom. The van der Waals surface area contributed by atoms with Gasteiger partial charge in [0.2, 0.25) is 0 Å². The summed E-state index contributed by atoms with van der Waals surface area (Å²) in [5, 5.41) is 3.96. The lowest BCUT2D eigenvalue weighted by Crippen LogP contribution is -2.38. The molecular formula is C19H29N. The number of hydrogen-bond acceptors (Lipinski definition) is 1. The molecule has 2 aliphatic carbocycles. The quantitative estimate of drug-likeness (QED) is 0.806. The summed E-state index contributed by atoms with van der Waals surface area (Å²) in [5.41, 5.74) is 3.14. The molecular weight excluding hydrogens is 242 g/mol. The van der Waals surface area contributed by atoms with Crippen LogP contribution >= 0.6 is 0 Å². The van der Waals surface area contributed by atoms with Crippen LogP contribution in [0.3, 0.4) is 0 Å². The van der Waals surface area contributed by atoms with Gasteiger partial charge in [0.15, 0.2) is 0 Å². The fraction of sp³-hybridized carbons (Fsp3) is 0.684. The highest BCUT2D eigenvalue weighted by molar-refractivity contribution is 5.33. The van der Waals surface area contributed by atoms with Gasteiger partial charge < -0.3 is 5.32 Å². The third-order valence-corrected chi connectivity index (χ3v) is 5.48. The van der Waals surface area contributed by atoms with Crippen LogP contribution in [0.2, 0.25) is 0 Å². The summed E-state index contributed by atoms with van der Waals surface area (Å²) in [5.74, 6) is 1.83. The molecule has 1 fully saturated rings. The highest BCUT2D eigenvalue weighted by Crippen LogP contribution is 2.30. The van der Waals surface area contributed by atoms with Crippen LogP contribution in [0.4, 0.5) is 0 Å². The molecule has 0 heterocycles. The molecule has 0 aromatic heterocycles. The van der Waals surface area contributed by atoms with E-state index in [1.54, 1.807) is 11.1 Å². The zero-order valence-corrected chi connectivity index (χ0v) is 13.1. The fourth-order valence-electron chi connectivity index (χ4n) is 4.17. The van der Waals surface area contributed by atoms with Gasteiger partial charge in [-0.05, 0) is 55.1 Å². The molecule has 1 saturated carbocycles. The van der Waals surface area contributed by atoms with Crippen LogP contribution in [0, 0.1) is 11.8 Å². The minimum Gasteiger partial charge on any atom is -0.311 e. The molecule has 0 saturated heterocycles. The van der Waals surface area contributed by atoms with E-state index in [-0.39, 0.29) is 0 Å². The van der Waals surface area contributed by atoms with E-state index in [1.807, 2.05) is 0 Å². The minimum absolute atomic E-state index is 0.688. The van der Waals surface area contributed by atoms with Crippen LogP contribution in [-0.4, -0.2) is 12.1 Å². The van der Waals surface area contributed by atoms with Gasteiger partial charge in [-0.15, -0.1) is 0 Å². The molecule has 1 nitrogen and oxygen atoms in total. The van der Waals surface area contributed by atoms with Crippen LogP contribution in [-0.2, 0) is 12.8 Å². The standard InChI is InChI=1S/C19H29N/c1-14(2)15-8-5-9-18(11-10-15)20-19-12-16-6-3-4-7-17(16)13-19/h3-4,6-7,14-15,18-20H,5,8-13H2,1-2H3. The number of fused-ring (bicyclic) bond motifs is 1. The Kier molecular flexibility index (Phi) is 4.45. The summed E-state index contributed by atoms with van der Waals surface area (Å²) in [4.78, 5) is 0. The molecule has 0 bridgehead atoms. The lowest BCUT2D eigenvalue weighted by molar-refractivity contribution is 0.334. The van der Waals surface area contributed by atoms with Crippen molar-refractivity contribution in [1.82, 2.24) is 5.32 Å². The first-order chi connectivity index (χ1) is 9.72. The smallest absolute Gasteiger partial charge is 0.0151 e. The van der Waals surface area contributed by atoms with Crippen molar-refractivity contribution in [2.75, 3.05) is 0 Å². The molecule has 1 aromatic rings. The maximum atomic E-state index is 3.96. The maximum Gasteiger partial charge on any atom is 0.0151 e. The second kappa shape index (κ2) is 6.30. The normalized spacial score (nSPS) is 27.6. The Hall–Kier alpha value is -0.820. The highest BCUT2D eigenvalue weighted by atomic mass is 15.0. The second-order valence-electron chi connectivity index (χ2n) is 7.25. The van der Waals surface area contributed by atoms with Crippen LogP contribution in [0.25, 0.3) is 0 Å². The summed E-state index contributed by atoms with van der Waals surface area (Å²) in [6.07, 6.45) is 9.53. The topological polar surface area (TPSA) is 12.0 Å². The molecule has 0 aliphatic heterocycles. The summed E-state index contributed by atoms with van der Waals surface area (Å²) in [7, 11) is 0. The molecule has 1 heteroatoms. The minimum atomic E-state index is 0.688. The van der Waals surface area contributed by atoms with Gasteiger partial charge in [0.25, 0.3) is 0 Å². The van der Waals surface area contributed by atoms with Crippen molar-refractivity contribution in [3.05, 3.63) is 35.4 Å². The molecule has 110 valence electrons. The van der Waals surface area contributed by atoms with Crippen LogP contribution in [0.5, 0.6) is 0 Å². The van der Waals surface area contributed by atoms with Gasteiger partial charge in [0.05, 0.1) is 0 Å². The summed E-state index contributed by atoms with van der Waals surface area (Å²) < 4.78 is 0. The van der Waals surface area contributed by atoms with Crippen molar-refractivity contribution in [1.29, 1.82) is 0 Å². The molecule has 1 N–H and O–H groups in total. The van der Waals surface area contributed by atoms with E-state index in [0.29, 0.717) is 6.04 Å². The van der Waals surface area contributed by atoms with Crippen molar-refractivity contribution in [2.45, 2.75) is 70.9 Å². The molecule has 2 unspecified atom stereocenters. The Morgan fingerprint density at radius 3 is 2.25 bits per heavy atom. The average Bonchev–Trinajstić information content (AvgIpc) is 2.68. The highest BCUT2D eigenvalue weighted by Gasteiger charge is 2.26. The zero-order chi connectivity index (χ0) is 13.9. The first-order valence-corrected chi connectivity index (χ1v) is 8.55. The van der Waals surface area contributed by atoms with E-state index in [9.17, 15) is 0 Å². The third kappa shape index (κ3) is 3.25. The van der Waals surface area contributed by atoms with Crippen LogP contribution in [0.1, 0.15) is 57.1 Å². The number of benzene rings is 1. The Bertz CT molecular complexity index is 412. The molecule has 0 spiro atoms.